The molecule has 0 heterocycles. The van der Waals surface area contributed by atoms with E-state index in [1.54, 1.807) is 6.92 Å². The summed E-state index contributed by atoms with van der Waals surface area (Å²) in [6, 6.07) is 6.77. The molecule has 6 heteroatoms. The number of primary amides is 1. The predicted molar refractivity (Wildman–Crippen MR) is 87.7 cm³/mol. The standard InChI is InChI=1S/C16H24N4O2/c1-11(18-16(17)22)15(21)20-14-9-7-13(8-10-14)19-12-5-3-2-4-6-12/h7-12,19H,2-6H2,1H3,(H,20,21)(H3,17,18,22)/t11-/m0/s1. The Hall–Kier alpha value is -2.24. The zero-order chi connectivity index (χ0) is 15.9. The SMILES string of the molecule is C[C@H](NC(N)=O)C(=O)Nc1ccc(NC2CCCCC2)cc1. The number of rotatable bonds is 5. The second-order valence-electron chi connectivity index (χ2n) is 5.78. The fraction of sp³-hybridized carbons (Fsp3) is 0.500. The third-order valence-corrected chi connectivity index (χ3v) is 3.88. The summed E-state index contributed by atoms with van der Waals surface area (Å²) in [4.78, 5) is 22.6. The zero-order valence-corrected chi connectivity index (χ0v) is 12.9. The van der Waals surface area contributed by atoms with Gasteiger partial charge in [-0.1, -0.05) is 19.3 Å². The third-order valence-electron chi connectivity index (χ3n) is 3.88. The molecule has 1 aromatic rings. The first kappa shape index (κ1) is 16.1. The van der Waals surface area contributed by atoms with Crippen LogP contribution in [0.15, 0.2) is 24.3 Å². The predicted octanol–water partition coefficient (Wildman–Crippen LogP) is 2.43. The second kappa shape index (κ2) is 7.68. The Kier molecular flexibility index (Phi) is 5.63. The molecule has 0 bridgehead atoms. The fourth-order valence-corrected chi connectivity index (χ4v) is 2.66. The maximum Gasteiger partial charge on any atom is 0.312 e. The lowest BCUT2D eigenvalue weighted by molar-refractivity contribution is -0.117. The molecule has 1 fully saturated rings. The minimum atomic E-state index is -0.713. The van der Waals surface area contributed by atoms with E-state index in [9.17, 15) is 9.59 Å². The van der Waals surface area contributed by atoms with E-state index in [-0.39, 0.29) is 5.91 Å². The molecule has 6 nitrogen and oxygen atoms in total. The van der Waals surface area contributed by atoms with Gasteiger partial charge in [-0.3, -0.25) is 4.79 Å². The third kappa shape index (κ3) is 4.95. The number of amides is 3. The van der Waals surface area contributed by atoms with Gasteiger partial charge in [-0.25, -0.2) is 4.79 Å². The Morgan fingerprint density at radius 2 is 1.68 bits per heavy atom. The average molecular weight is 304 g/mol. The molecular weight excluding hydrogens is 280 g/mol. The van der Waals surface area contributed by atoms with Crippen LogP contribution in [-0.2, 0) is 4.79 Å². The van der Waals surface area contributed by atoms with Crippen molar-refractivity contribution >= 4 is 23.3 Å². The van der Waals surface area contributed by atoms with E-state index < -0.39 is 12.1 Å². The summed E-state index contributed by atoms with van der Waals surface area (Å²) in [5.74, 6) is -0.299. The lowest BCUT2D eigenvalue weighted by Crippen LogP contribution is -2.44. The number of anilines is 2. The van der Waals surface area contributed by atoms with Crippen LogP contribution in [0.5, 0.6) is 0 Å². The van der Waals surface area contributed by atoms with Gasteiger partial charge in [0.2, 0.25) is 5.91 Å². The molecule has 1 aromatic carbocycles. The second-order valence-corrected chi connectivity index (χ2v) is 5.78. The van der Waals surface area contributed by atoms with Crippen molar-refractivity contribution in [2.45, 2.75) is 51.1 Å². The molecule has 120 valence electrons. The Morgan fingerprint density at radius 1 is 1.09 bits per heavy atom. The molecule has 0 spiro atoms. The molecule has 2 rings (SSSR count). The molecular formula is C16H24N4O2. The summed E-state index contributed by atoms with van der Waals surface area (Å²) in [5, 5.41) is 8.61. The van der Waals surface area contributed by atoms with Gasteiger partial charge in [0.15, 0.2) is 0 Å². The van der Waals surface area contributed by atoms with Gasteiger partial charge in [0.1, 0.15) is 6.04 Å². The first-order valence-corrected chi connectivity index (χ1v) is 7.78. The van der Waals surface area contributed by atoms with Crippen molar-refractivity contribution in [2.24, 2.45) is 5.73 Å². The Labute approximate surface area is 130 Å². The molecule has 0 aromatic heterocycles. The summed E-state index contributed by atoms with van der Waals surface area (Å²) >= 11 is 0. The van der Waals surface area contributed by atoms with Crippen molar-refractivity contribution in [3.05, 3.63) is 24.3 Å². The number of nitrogens with one attached hydrogen (secondary N) is 3. The molecule has 0 radical (unpaired) electrons. The summed E-state index contributed by atoms with van der Waals surface area (Å²) in [6.45, 7) is 1.58. The highest BCUT2D eigenvalue weighted by atomic mass is 16.2. The molecule has 1 atom stereocenters. The zero-order valence-electron chi connectivity index (χ0n) is 12.9. The lowest BCUT2D eigenvalue weighted by Gasteiger charge is -2.24. The number of hydrogen-bond donors (Lipinski definition) is 4. The Morgan fingerprint density at radius 3 is 2.27 bits per heavy atom. The van der Waals surface area contributed by atoms with E-state index in [0.717, 1.165) is 5.69 Å². The first-order chi connectivity index (χ1) is 10.5. The molecule has 1 saturated carbocycles. The van der Waals surface area contributed by atoms with Gasteiger partial charge in [0.25, 0.3) is 0 Å². The number of hydrogen-bond acceptors (Lipinski definition) is 3. The number of carbonyl (C=O) groups is 2. The molecule has 3 amide bonds. The van der Waals surface area contributed by atoms with Crippen LogP contribution in [0.4, 0.5) is 16.2 Å². The van der Waals surface area contributed by atoms with E-state index in [0.29, 0.717) is 11.7 Å². The number of urea groups is 1. The molecule has 1 aliphatic carbocycles. The van der Waals surface area contributed by atoms with Gasteiger partial charge in [-0.05, 0) is 44.0 Å². The van der Waals surface area contributed by atoms with E-state index in [2.05, 4.69) is 16.0 Å². The highest BCUT2D eigenvalue weighted by Gasteiger charge is 2.15. The molecule has 1 aliphatic rings. The number of carbonyl (C=O) groups excluding carboxylic acids is 2. The molecule has 22 heavy (non-hydrogen) atoms. The molecule has 0 aliphatic heterocycles. The summed E-state index contributed by atoms with van der Waals surface area (Å²) in [6.07, 6.45) is 6.34. The van der Waals surface area contributed by atoms with Crippen molar-refractivity contribution < 1.29 is 9.59 Å². The van der Waals surface area contributed by atoms with Crippen molar-refractivity contribution in [2.75, 3.05) is 10.6 Å². The van der Waals surface area contributed by atoms with E-state index in [4.69, 9.17) is 5.73 Å². The fourth-order valence-electron chi connectivity index (χ4n) is 2.66. The van der Waals surface area contributed by atoms with Crippen molar-refractivity contribution in [3.63, 3.8) is 0 Å². The largest absolute Gasteiger partial charge is 0.382 e. The minimum absolute atomic E-state index is 0.299. The van der Waals surface area contributed by atoms with Gasteiger partial charge in [-0.15, -0.1) is 0 Å². The van der Waals surface area contributed by atoms with Gasteiger partial charge in [-0.2, -0.15) is 0 Å². The van der Waals surface area contributed by atoms with Crippen molar-refractivity contribution in [1.29, 1.82) is 0 Å². The molecule has 0 saturated heterocycles. The van der Waals surface area contributed by atoms with Crippen LogP contribution in [0.25, 0.3) is 0 Å². The van der Waals surface area contributed by atoms with E-state index in [1.165, 1.54) is 32.1 Å². The smallest absolute Gasteiger partial charge is 0.312 e. The maximum absolute atomic E-state index is 11.9. The van der Waals surface area contributed by atoms with Crippen LogP contribution < -0.4 is 21.7 Å². The first-order valence-electron chi connectivity index (χ1n) is 7.78. The normalized spacial score (nSPS) is 16.6. The molecule has 0 unspecified atom stereocenters. The van der Waals surface area contributed by atoms with E-state index >= 15 is 0 Å². The van der Waals surface area contributed by atoms with Gasteiger partial charge in [0, 0.05) is 17.4 Å². The Bertz CT molecular complexity index is 509. The summed E-state index contributed by atoms with van der Waals surface area (Å²) in [7, 11) is 0. The number of benzene rings is 1. The van der Waals surface area contributed by atoms with Crippen molar-refractivity contribution in [1.82, 2.24) is 5.32 Å². The topological polar surface area (TPSA) is 96.2 Å². The van der Waals surface area contributed by atoms with Gasteiger partial charge < -0.3 is 21.7 Å². The van der Waals surface area contributed by atoms with Gasteiger partial charge >= 0.3 is 6.03 Å². The summed E-state index contributed by atoms with van der Waals surface area (Å²) in [5.41, 5.74) is 6.75. The van der Waals surface area contributed by atoms with Gasteiger partial charge in [0.05, 0.1) is 0 Å². The van der Waals surface area contributed by atoms with Crippen LogP contribution in [0.3, 0.4) is 0 Å². The van der Waals surface area contributed by atoms with Crippen LogP contribution >= 0.6 is 0 Å². The minimum Gasteiger partial charge on any atom is -0.382 e. The highest BCUT2D eigenvalue weighted by molar-refractivity contribution is 5.96. The average Bonchev–Trinajstić information content (AvgIpc) is 2.49. The van der Waals surface area contributed by atoms with Crippen LogP contribution in [-0.4, -0.2) is 24.0 Å². The summed E-state index contributed by atoms with van der Waals surface area (Å²) < 4.78 is 0. The quantitative estimate of drug-likeness (QED) is 0.672. The maximum atomic E-state index is 11.9. The molecule has 5 N–H and O–H groups in total. The lowest BCUT2D eigenvalue weighted by atomic mass is 9.95. The highest BCUT2D eigenvalue weighted by Crippen LogP contribution is 2.22. The van der Waals surface area contributed by atoms with Crippen LogP contribution in [0.1, 0.15) is 39.0 Å². The monoisotopic (exact) mass is 304 g/mol. The Balaban J connectivity index is 1.85. The van der Waals surface area contributed by atoms with Crippen LogP contribution in [0, 0.1) is 0 Å². The van der Waals surface area contributed by atoms with Crippen LogP contribution in [0.2, 0.25) is 0 Å². The van der Waals surface area contributed by atoms with E-state index in [1.807, 2.05) is 24.3 Å². The van der Waals surface area contributed by atoms with Crippen molar-refractivity contribution in [3.8, 4) is 0 Å². The number of nitrogens with two attached hydrogens (primary N) is 1.